The lowest BCUT2D eigenvalue weighted by atomic mass is 10.0. The van der Waals surface area contributed by atoms with E-state index in [4.69, 9.17) is 15.9 Å². The Bertz CT molecular complexity index is 124. The molecule has 0 fully saturated rings. The first-order chi connectivity index (χ1) is 5.11. The summed E-state index contributed by atoms with van der Waals surface area (Å²) in [5.74, 6) is -1.83. The van der Waals surface area contributed by atoms with Crippen molar-refractivity contribution < 1.29 is 20.1 Å². The lowest BCUT2D eigenvalue weighted by Gasteiger charge is -2.17. The van der Waals surface area contributed by atoms with Crippen LogP contribution < -0.4 is 10.8 Å². The predicted molar refractivity (Wildman–Crippen MR) is 35.3 cm³/mol. The van der Waals surface area contributed by atoms with Crippen molar-refractivity contribution >= 4 is 5.97 Å². The van der Waals surface area contributed by atoms with Gasteiger partial charge in [0.15, 0.2) is 0 Å². The van der Waals surface area contributed by atoms with Gasteiger partial charge in [-0.05, 0) is 6.42 Å². The molecule has 5 heteroatoms. The molecule has 0 spiro atoms. The van der Waals surface area contributed by atoms with E-state index in [9.17, 15) is 9.90 Å². The zero-order valence-corrected chi connectivity index (χ0v) is 6.06. The van der Waals surface area contributed by atoms with Crippen LogP contribution in [0.15, 0.2) is 0 Å². The number of carboxylic acid groups (broad SMARTS) is 1. The second kappa shape index (κ2) is 5.06. The Morgan fingerprint density at radius 2 is 1.91 bits per heavy atom. The average Bonchev–Trinajstić information content (AvgIpc) is 1.99. The van der Waals surface area contributed by atoms with E-state index in [0.717, 1.165) is 0 Å². The molecule has 0 bridgehead atoms. The third-order valence-electron chi connectivity index (χ3n) is 1.41. The minimum atomic E-state index is -1.36. The van der Waals surface area contributed by atoms with Crippen LogP contribution in [0.4, 0.5) is 0 Å². The highest BCUT2D eigenvalue weighted by Crippen LogP contribution is 2.02. The Morgan fingerprint density at radius 1 is 1.45 bits per heavy atom. The number of nitrogens with two attached hydrogens (primary N) is 1. The van der Waals surface area contributed by atoms with Gasteiger partial charge in [-0.3, -0.25) is 0 Å². The molecular weight excluding hydrogens is 150 g/mol. The smallest absolute Gasteiger partial charge is 0.0582 e. The van der Waals surface area contributed by atoms with Crippen LogP contribution in [0.2, 0.25) is 0 Å². The van der Waals surface area contributed by atoms with Gasteiger partial charge in [0.2, 0.25) is 0 Å². The van der Waals surface area contributed by atoms with Crippen molar-refractivity contribution in [2.45, 2.75) is 12.5 Å². The molecule has 0 aromatic rings. The molecule has 1 atom stereocenters. The van der Waals surface area contributed by atoms with Crippen LogP contribution >= 0.6 is 0 Å². The SMILES string of the molecule is NC(CC(CO)CO)C(=O)[O-]. The Kier molecular flexibility index (Phi) is 4.76. The normalized spacial score (nSPS) is 13.5. The maximum Gasteiger partial charge on any atom is 0.0582 e. The maximum absolute atomic E-state index is 10.1. The number of carbonyl (C=O) groups excluding carboxylic acids is 1. The fourth-order valence-corrected chi connectivity index (χ4v) is 0.662. The molecule has 11 heavy (non-hydrogen) atoms. The zero-order chi connectivity index (χ0) is 8.85. The molecule has 4 N–H and O–H groups in total. The number of carboxylic acids is 1. The lowest BCUT2D eigenvalue weighted by molar-refractivity contribution is -0.307. The van der Waals surface area contributed by atoms with E-state index < -0.39 is 17.9 Å². The van der Waals surface area contributed by atoms with Crippen LogP contribution in [0.25, 0.3) is 0 Å². The van der Waals surface area contributed by atoms with Gasteiger partial charge >= 0.3 is 0 Å². The lowest BCUT2D eigenvalue weighted by Crippen LogP contribution is -2.43. The van der Waals surface area contributed by atoms with Gasteiger partial charge in [0.1, 0.15) is 0 Å². The molecule has 0 aliphatic rings. The highest BCUT2D eigenvalue weighted by atomic mass is 16.4. The van der Waals surface area contributed by atoms with Crippen molar-refractivity contribution in [3.8, 4) is 0 Å². The molecule has 0 amide bonds. The molecule has 0 heterocycles. The van der Waals surface area contributed by atoms with Gasteiger partial charge in [-0.2, -0.15) is 0 Å². The Balaban J connectivity index is 3.71. The molecule has 0 aliphatic heterocycles. The van der Waals surface area contributed by atoms with Crippen molar-refractivity contribution in [1.29, 1.82) is 0 Å². The van der Waals surface area contributed by atoms with E-state index in [1.54, 1.807) is 0 Å². The second-order valence-electron chi connectivity index (χ2n) is 2.39. The van der Waals surface area contributed by atoms with Crippen LogP contribution in [0, 0.1) is 5.92 Å². The highest BCUT2D eigenvalue weighted by molar-refractivity contribution is 5.70. The van der Waals surface area contributed by atoms with Crippen molar-refractivity contribution in [3.05, 3.63) is 0 Å². The molecule has 0 radical (unpaired) electrons. The van der Waals surface area contributed by atoms with Gasteiger partial charge in [-0.25, -0.2) is 0 Å². The minimum absolute atomic E-state index is 0.0370. The van der Waals surface area contributed by atoms with E-state index in [0.29, 0.717) is 0 Å². The number of aliphatic hydroxyl groups excluding tert-OH is 2. The number of aliphatic hydroxyl groups is 2. The second-order valence-corrected chi connectivity index (χ2v) is 2.39. The molecule has 66 valence electrons. The summed E-state index contributed by atoms with van der Waals surface area (Å²) in [4.78, 5) is 10.1. The van der Waals surface area contributed by atoms with Crippen LogP contribution in [-0.4, -0.2) is 35.4 Å². The number of carbonyl (C=O) groups is 1. The molecule has 0 aliphatic carbocycles. The van der Waals surface area contributed by atoms with E-state index in [1.807, 2.05) is 0 Å². The zero-order valence-electron chi connectivity index (χ0n) is 6.06. The molecule has 0 saturated carbocycles. The summed E-state index contributed by atoms with van der Waals surface area (Å²) in [5.41, 5.74) is 5.08. The number of aliphatic carboxylic acids is 1. The van der Waals surface area contributed by atoms with Gasteiger partial charge < -0.3 is 25.8 Å². The molecule has 0 aromatic carbocycles. The number of rotatable bonds is 5. The van der Waals surface area contributed by atoms with Crippen LogP contribution in [0.1, 0.15) is 6.42 Å². The molecule has 0 saturated heterocycles. The molecular formula is C6H12NO4-. The van der Waals surface area contributed by atoms with E-state index in [-0.39, 0.29) is 19.6 Å². The predicted octanol–water partition coefficient (Wildman–Crippen LogP) is -2.95. The average molecular weight is 162 g/mol. The maximum atomic E-state index is 10.1. The molecule has 0 aromatic heterocycles. The Morgan fingerprint density at radius 3 is 2.18 bits per heavy atom. The van der Waals surface area contributed by atoms with Crippen LogP contribution in [0.5, 0.6) is 0 Å². The number of hydrogen-bond donors (Lipinski definition) is 3. The minimum Gasteiger partial charge on any atom is -0.548 e. The van der Waals surface area contributed by atoms with Crippen LogP contribution in [-0.2, 0) is 4.79 Å². The van der Waals surface area contributed by atoms with Gasteiger partial charge in [0.05, 0.1) is 5.97 Å². The summed E-state index contributed by atoms with van der Waals surface area (Å²) >= 11 is 0. The molecule has 5 nitrogen and oxygen atoms in total. The summed E-state index contributed by atoms with van der Waals surface area (Å²) in [6, 6.07) is -1.11. The van der Waals surface area contributed by atoms with Gasteiger partial charge in [-0.15, -0.1) is 0 Å². The van der Waals surface area contributed by atoms with Crippen molar-refractivity contribution in [3.63, 3.8) is 0 Å². The summed E-state index contributed by atoms with van der Waals surface area (Å²) < 4.78 is 0. The molecule has 0 rings (SSSR count). The third-order valence-corrected chi connectivity index (χ3v) is 1.41. The quantitative estimate of drug-likeness (QED) is 0.401. The van der Waals surface area contributed by atoms with E-state index >= 15 is 0 Å². The van der Waals surface area contributed by atoms with E-state index in [2.05, 4.69) is 0 Å². The fourth-order valence-electron chi connectivity index (χ4n) is 0.662. The highest BCUT2D eigenvalue weighted by Gasteiger charge is 2.11. The first kappa shape index (κ1) is 10.3. The van der Waals surface area contributed by atoms with Crippen molar-refractivity contribution in [1.82, 2.24) is 0 Å². The number of hydrogen-bond acceptors (Lipinski definition) is 5. The first-order valence-corrected chi connectivity index (χ1v) is 3.30. The van der Waals surface area contributed by atoms with Gasteiger partial charge in [-0.1, -0.05) is 0 Å². The van der Waals surface area contributed by atoms with Crippen LogP contribution in [0.3, 0.4) is 0 Å². The first-order valence-electron chi connectivity index (χ1n) is 3.30. The topological polar surface area (TPSA) is 107 Å². The van der Waals surface area contributed by atoms with Gasteiger partial charge in [0, 0.05) is 25.2 Å². The summed E-state index contributed by atoms with van der Waals surface area (Å²) in [6.45, 7) is -0.533. The summed E-state index contributed by atoms with van der Waals surface area (Å²) in [5, 5.41) is 27.1. The fraction of sp³-hybridized carbons (Fsp3) is 0.833. The monoisotopic (exact) mass is 162 g/mol. The summed E-state index contributed by atoms with van der Waals surface area (Å²) in [7, 11) is 0. The van der Waals surface area contributed by atoms with Crippen molar-refractivity contribution in [2.75, 3.05) is 13.2 Å². The van der Waals surface area contributed by atoms with E-state index in [1.165, 1.54) is 0 Å². The van der Waals surface area contributed by atoms with Gasteiger partial charge in [0.25, 0.3) is 0 Å². The third kappa shape index (κ3) is 3.92. The molecule has 1 unspecified atom stereocenters. The standard InChI is InChI=1S/C6H13NO4/c7-5(6(10)11)1-4(2-8)3-9/h4-5,8-9H,1-3,7H2,(H,10,11)/p-1. The Hall–Kier alpha value is -0.650. The Labute approximate surface area is 64.4 Å². The van der Waals surface area contributed by atoms with Crippen molar-refractivity contribution in [2.24, 2.45) is 11.7 Å². The summed E-state index contributed by atoms with van der Waals surface area (Å²) in [6.07, 6.45) is 0.0370. The largest absolute Gasteiger partial charge is 0.548 e.